The molecule has 170 valence electrons. The Kier molecular flexibility index (Phi) is 7.54. The van der Waals surface area contributed by atoms with Crippen LogP contribution in [0.25, 0.3) is 0 Å². The number of rotatable bonds is 5. The second kappa shape index (κ2) is 10.3. The molecule has 4 rings (SSSR count). The molecule has 0 spiro atoms. The van der Waals surface area contributed by atoms with Gasteiger partial charge >= 0.3 is 0 Å². The van der Waals surface area contributed by atoms with Crippen molar-refractivity contribution in [2.45, 2.75) is 94.9 Å². The van der Waals surface area contributed by atoms with Crippen molar-refractivity contribution in [3.63, 3.8) is 0 Å². The van der Waals surface area contributed by atoms with Gasteiger partial charge in [-0.25, -0.2) is 14.2 Å². The van der Waals surface area contributed by atoms with Gasteiger partial charge in [0.05, 0.1) is 18.8 Å². The lowest BCUT2D eigenvalue weighted by molar-refractivity contribution is -0.124. The number of halogens is 2. The maximum atomic E-state index is 13.4. The van der Waals surface area contributed by atoms with Crippen molar-refractivity contribution in [1.29, 1.82) is 0 Å². The molecule has 1 amide bonds. The van der Waals surface area contributed by atoms with Gasteiger partial charge in [-0.2, -0.15) is 0 Å². The highest BCUT2D eigenvalue weighted by Gasteiger charge is 2.34. The summed E-state index contributed by atoms with van der Waals surface area (Å²) < 4.78 is 32.3. The zero-order valence-electron chi connectivity index (χ0n) is 17.5. The van der Waals surface area contributed by atoms with E-state index in [1.807, 2.05) is 0 Å². The number of nitrogens with one attached hydrogen (secondary N) is 4. The first-order valence-electron chi connectivity index (χ1n) is 11.6. The molecule has 2 aliphatic carbocycles. The molecule has 4 fully saturated rings. The van der Waals surface area contributed by atoms with Crippen LogP contribution in [0.15, 0.2) is 4.99 Å². The molecule has 7 nitrogen and oxygen atoms in total. The van der Waals surface area contributed by atoms with E-state index in [-0.39, 0.29) is 30.1 Å². The van der Waals surface area contributed by atoms with Crippen LogP contribution in [0.4, 0.5) is 8.78 Å². The Morgan fingerprint density at radius 3 is 2.27 bits per heavy atom. The van der Waals surface area contributed by atoms with Crippen molar-refractivity contribution in [3.05, 3.63) is 0 Å². The smallest absolute Gasteiger partial charge is 0.229 e. The minimum Gasteiger partial charge on any atom is -0.376 e. The van der Waals surface area contributed by atoms with Gasteiger partial charge in [0.15, 0.2) is 5.96 Å². The summed E-state index contributed by atoms with van der Waals surface area (Å²) in [4.78, 5) is 17.3. The summed E-state index contributed by atoms with van der Waals surface area (Å²) in [5, 5.41) is 6.25. The molecular formula is C21H35F2N5O2. The summed E-state index contributed by atoms with van der Waals surface area (Å²) in [6, 6.07) is 0.279. The molecule has 2 saturated carbocycles. The Bertz CT molecular complexity index is 602. The van der Waals surface area contributed by atoms with E-state index in [1.165, 1.54) is 0 Å². The van der Waals surface area contributed by atoms with Crippen molar-refractivity contribution in [2.24, 2.45) is 16.8 Å². The fraction of sp³-hybridized carbons (Fsp3) is 0.905. The van der Waals surface area contributed by atoms with Crippen molar-refractivity contribution < 1.29 is 18.3 Å². The maximum Gasteiger partial charge on any atom is 0.229 e. The van der Waals surface area contributed by atoms with Gasteiger partial charge in [-0.3, -0.25) is 20.5 Å². The van der Waals surface area contributed by atoms with Gasteiger partial charge in [0.25, 0.3) is 0 Å². The standard InChI is InChI=1S/C21H35F2N5O2/c22-15-5-1-13(2-6-15)18-11-19(28-27-18)25-21(24-12-17-9-10-30-17)26-20(29)14-3-7-16(23)8-4-14/h13-19,27-28H,1-12H2,(H2,24,25,26,29). The van der Waals surface area contributed by atoms with E-state index in [1.54, 1.807) is 0 Å². The monoisotopic (exact) mass is 427 g/mol. The first kappa shape index (κ1) is 21.9. The van der Waals surface area contributed by atoms with E-state index >= 15 is 0 Å². The summed E-state index contributed by atoms with van der Waals surface area (Å²) in [6.45, 7) is 1.27. The Labute approximate surface area is 177 Å². The lowest BCUT2D eigenvalue weighted by Gasteiger charge is -2.28. The fourth-order valence-electron chi connectivity index (χ4n) is 4.91. The topological polar surface area (TPSA) is 86.8 Å². The zero-order valence-corrected chi connectivity index (χ0v) is 17.5. The molecule has 0 radical (unpaired) electrons. The number of carbonyl (C=O) groups excluding carboxylic acids is 1. The summed E-state index contributed by atoms with van der Waals surface area (Å²) >= 11 is 0. The van der Waals surface area contributed by atoms with Crippen LogP contribution in [0.3, 0.4) is 0 Å². The van der Waals surface area contributed by atoms with Gasteiger partial charge in [-0.05, 0) is 70.1 Å². The van der Waals surface area contributed by atoms with Gasteiger partial charge in [-0.1, -0.05) is 0 Å². The molecule has 30 heavy (non-hydrogen) atoms. The van der Waals surface area contributed by atoms with Crippen LogP contribution < -0.4 is 21.5 Å². The molecule has 0 aromatic rings. The highest BCUT2D eigenvalue weighted by atomic mass is 19.1. The molecule has 2 aliphatic heterocycles. The van der Waals surface area contributed by atoms with Gasteiger partial charge in [-0.15, -0.1) is 0 Å². The number of aliphatic imine (C=N–C) groups is 1. The molecule has 3 unspecified atom stereocenters. The number of carbonyl (C=O) groups is 1. The van der Waals surface area contributed by atoms with Crippen molar-refractivity contribution in [2.75, 3.05) is 13.2 Å². The Morgan fingerprint density at radius 2 is 1.63 bits per heavy atom. The number of alkyl halides is 2. The van der Waals surface area contributed by atoms with Crippen LogP contribution in [-0.2, 0) is 9.53 Å². The first-order chi connectivity index (χ1) is 14.6. The highest BCUT2D eigenvalue weighted by molar-refractivity contribution is 5.98. The minimum atomic E-state index is -0.783. The highest BCUT2D eigenvalue weighted by Crippen LogP contribution is 2.31. The number of guanidine groups is 1. The van der Waals surface area contributed by atoms with Crippen LogP contribution in [0.1, 0.15) is 64.2 Å². The van der Waals surface area contributed by atoms with Gasteiger partial charge < -0.3 is 10.1 Å². The Balaban J connectivity index is 1.30. The predicted octanol–water partition coefficient (Wildman–Crippen LogP) is 2.09. The lowest BCUT2D eigenvalue weighted by Crippen LogP contribution is -2.52. The molecule has 9 heteroatoms. The third-order valence-electron chi connectivity index (χ3n) is 7.03. The van der Waals surface area contributed by atoms with Gasteiger partial charge in [0, 0.05) is 18.6 Å². The number of nitrogens with zero attached hydrogens (tertiary/aromatic N) is 1. The maximum absolute atomic E-state index is 13.4. The number of amides is 1. The van der Waals surface area contributed by atoms with Crippen LogP contribution in [-0.4, -0.2) is 55.7 Å². The average Bonchev–Trinajstić information content (AvgIpc) is 3.16. The number of ether oxygens (including phenoxy) is 1. The molecule has 2 saturated heterocycles. The summed E-state index contributed by atoms with van der Waals surface area (Å²) in [5.74, 6) is 0.657. The van der Waals surface area contributed by atoms with E-state index in [0.717, 1.165) is 32.3 Å². The molecule has 4 N–H and O–H groups in total. The van der Waals surface area contributed by atoms with Gasteiger partial charge in [0.2, 0.25) is 5.91 Å². The molecule has 0 aromatic carbocycles. The van der Waals surface area contributed by atoms with E-state index in [2.05, 4.69) is 26.5 Å². The Morgan fingerprint density at radius 1 is 0.967 bits per heavy atom. The van der Waals surface area contributed by atoms with Crippen LogP contribution in [0.2, 0.25) is 0 Å². The predicted molar refractivity (Wildman–Crippen MR) is 110 cm³/mol. The van der Waals surface area contributed by atoms with Crippen LogP contribution >= 0.6 is 0 Å². The minimum absolute atomic E-state index is 0.0685. The van der Waals surface area contributed by atoms with Crippen LogP contribution in [0.5, 0.6) is 0 Å². The normalized spacial score (nSPS) is 39.9. The zero-order chi connectivity index (χ0) is 20.9. The van der Waals surface area contributed by atoms with E-state index in [0.29, 0.717) is 56.9 Å². The first-order valence-corrected chi connectivity index (χ1v) is 11.6. The third-order valence-corrected chi connectivity index (χ3v) is 7.03. The summed E-state index contributed by atoms with van der Waals surface area (Å²) in [7, 11) is 0. The second-order valence-corrected chi connectivity index (χ2v) is 9.25. The quantitative estimate of drug-likeness (QED) is 0.399. The molecule has 0 bridgehead atoms. The molecule has 3 atom stereocenters. The second-order valence-electron chi connectivity index (χ2n) is 9.25. The molecule has 2 heterocycles. The number of hydrogen-bond donors (Lipinski definition) is 4. The number of hydrogen-bond acceptors (Lipinski definition) is 5. The van der Waals surface area contributed by atoms with Crippen molar-refractivity contribution in [3.8, 4) is 0 Å². The molecule has 0 aromatic heterocycles. The van der Waals surface area contributed by atoms with Gasteiger partial charge in [0.1, 0.15) is 12.3 Å². The van der Waals surface area contributed by atoms with E-state index in [9.17, 15) is 13.6 Å². The lowest BCUT2D eigenvalue weighted by atomic mass is 9.82. The average molecular weight is 428 g/mol. The van der Waals surface area contributed by atoms with E-state index in [4.69, 9.17) is 4.74 Å². The third kappa shape index (κ3) is 5.88. The van der Waals surface area contributed by atoms with Crippen LogP contribution in [0, 0.1) is 11.8 Å². The summed E-state index contributed by atoms with van der Waals surface area (Å²) in [5.41, 5.74) is 6.59. The Hall–Kier alpha value is -1.32. The SMILES string of the molecule is O=C(NC(=NCC1CCO1)NC1CC(C2CCC(F)CC2)NN1)C1CCC(F)CC1. The largest absolute Gasteiger partial charge is 0.376 e. The molecule has 4 aliphatic rings. The van der Waals surface area contributed by atoms with E-state index < -0.39 is 12.3 Å². The number of hydrazine groups is 1. The fourth-order valence-corrected chi connectivity index (χ4v) is 4.91. The van der Waals surface area contributed by atoms with Crippen molar-refractivity contribution >= 4 is 11.9 Å². The molecular weight excluding hydrogens is 392 g/mol. The summed E-state index contributed by atoms with van der Waals surface area (Å²) in [6.07, 6.45) is 5.57. The van der Waals surface area contributed by atoms with Crippen molar-refractivity contribution in [1.82, 2.24) is 21.5 Å².